The van der Waals surface area contributed by atoms with Gasteiger partial charge in [0.05, 0.1) is 7.11 Å². The van der Waals surface area contributed by atoms with E-state index >= 15 is 0 Å². The number of primary amides is 1. The highest BCUT2D eigenvalue weighted by atomic mass is 16.6. The molecule has 37 heavy (non-hydrogen) atoms. The van der Waals surface area contributed by atoms with Crippen molar-refractivity contribution in [1.29, 1.82) is 0 Å². The molecule has 12 heteroatoms. The lowest BCUT2D eigenvalue weighted by molar-refractivity contribution is -0.145. The molecule has 0 fully saturated rings. The summed E-state index contributed by atoms with van der Waals surface area (Å²) in [6.07, 6.45) is -0.113. The van der Waals surface area contributed by atoms with Crippen LogP contribution in [-0.2, 0) is 28.7 Å². The van der Waals surface area contributed by atoms with Crippen LogP contribution in [0.25, 0.3) is 0 Å². The van der Waals surface area contributed by atoms with E-state index in [2.05, 4.69) is 15.4 Å². The zero-order valence-corrected chi connectivity index (χ0v) is 22.0. The molecule has 0 aliphatic rings. The maximum Gasteiger partial charge on any atom is 0.408 e. The molecule has 0 aliphatic heterocycles. The molecule has 0 radical (unpaired) electrons. The van der Waals surface area contributed by atoms with Gasteiger partial charge in [-0.2, -0.15) is 0 Å². The summed E-state index contributed by atoms with van der Waals surface area (Å²) in [4.78, 5) is 64.0. The van der Waals surface area contributed by atoms with Gasteiger partial charge in [-0.05, 0) is 39.7 Å². The van der Waals surface area contributed by atoms with Crippen molar-refractivity contribution in [3.63, 3.8) is 0 Å². The van der Waals surface area contributed by atoms with E-state index < -0.39 is 54.0 Å². The Bertz CT molecular complexity index is 960. The van der Waals surface area contributed by atoms with Crippen LogP contribution in [0.5, 0.6) is 5.75 Å². The lowest BCUT2D eigenvalue weighted by atomic mass is 10.00. The third kappa shape index (κ3) is 10.8. The van der Waals surface area contributed by atoms with Crippen LogP contribution < -0.4 is 16.4 Å². The monoisotopic (exact) mass is 522 g/mol. The first-order chi connectivity index (χ1) is 17.3. The average Bonchev–Trinajstić information content (AvgIpc) is 2.81. The fourth-order valence-electron chi connectivity index (χ4n) is 3.39. The number of esters is 1. The topological polar surface area (TPSA) is 177 Å². The van der Waals surface area contributed by atoms with Crippen molar-refractivity contribution >= 4 is 29.8 Å². The van der Waals surface area contributed by atoms with Crippen LogP contribution in [0, 0.1) is 0 Å². The van der Waals surface area contributed by atoms with Gasteiger partial charge in [0.25, 0.3) is 0 Å². The van der Waals surface area contributed by atoms with Gasteiger partial charge in [-0.15, -0.1) is 0 Å². The van der Waals surface area contributed by atoms with Crippen molar-refractivity contribution in [3.05, 3.63) is 29.8 Å². The van der Waals surface area contributed by atoms with E-state index in [0.717, 1.165) is 7.11 Å². The number of phenolic OH excluding ortho intramolecular Hbond substituents is 1. The van der Waals surface area contributed by atoms with Gasteiger partial charge in [-0.1, -0.05) is 31.5 Å². The molecule has 0 saturated heterocycles. The summed E-state index contributed by atoms with van der Waals surface area (Å²) in [6.45, 7) is 6.46. The van der Waals surface area contributed by atoms with Gasteiger partial charge in [-0.25, -0.2) is 4.79 Å². The predicted octanol–water partition coefficient (Wildman–Crippen LogP) is 1.51. The predicted molar refractivity (Wildman–Crippen MR) is 134 cm³/mol. The molecule has 1 aromatic rings. The van der Waals surface area contributed by atoms with Crippen molar-refractivity contribution in [2.24, 2.45) is 5.73 Å². The molecule has 0 bridgehead atoms. The molecule has 2 atom stereocenters. The smallest absolute Gasteiger partial charge is 0.408 e. The molecule has 2 unspecified atom stereocenters. The van der Waals surface area contributed by atoms with E-state index in [4.69, 9.17) is 10.5 Å². The number of rotatable bonds is 13. The van der Waals surface area contributed by atoms with Crippen LogP contribution in [0.4, 0.5) is 4.79 Å². The number of carbonyl (C=O) groups excluding carboxylic acids is 5. The van der Waals surface area contributed by atoms with E-state index in [9.17, 15) is 29.1 Å². The van der Waals surface area contributed by atoms with Gasteiger partial charge < -0.3 is 35.8 Å². The number of alkyl carbamates (subject to hydrolysis) is 1. The lowest BCUT2D eigenvalue weighted by Gasteiger charge is -2.34. The third-order valence-electron chi connectivity index (χ3n) is 5.13. The molecule has 1 aromatic carbocycles. The number of phenols is 1. The molecule has 206 valence electrons. The summed E-state index contributed by atoms with van der Waals surface area (Å²) in [5, 5.41) is 15.4. The minimum atomic E-state index is -1.36. The Morgan fingerprint density at radius 1 is 1.14 bits per heavy atom. The molecule has 0 heterocycles. The normalized spacial score (nSPS) is 12.6. The van der Waals surface area contributed by atoms with Crippen LogP contribution >= 0.6 is 0 Å². The highest BCUT2D eigenvalue weighted by Gasteiger charge is 2.37. The molecule has 4 amide bonds. The largest absolute Gasteiger partial charge is 0.508 e. The second-order valence-corrected chi connectivity index (χ2v) is 9.34. The Kier molecular flexibility index (Phi) is 12.4. The fraction of sp³-hybridized carbons (Fsp3) is 0.560. The van der Waals surface area contributed by atoms with Crippen molar-refractivity contribution in [1.82, 2.24) is 15.5 Å². The molecule has 0 aliphatic carbocycles. The van der Waals surface area contributed by atoms with Crippen molar-refractivity contribution in [3.8, 4) is 5.75 Å². The number of aromatic hydroxyl groups is 1. The number of benzene rings is 1. The molecule has 1 rings (SSSR count). The molecular weight excluding hydrogens is 484 g/mol. The molecule has 5 N–H and O–H groups in total. The summed E-state index contributed by atoms with van der Waals surface area (Å²) in [5.41, 5.74) is 4.54. The third-order valence-corrected chi connectivity index (χ3v) is 5.13. The van der Waals surface area contributed by atoms with Crippen LogP contribution in [0.2, 0.25) is 0 Å². The number of hydrogen-bond acceptors (Lipinski definition) is 8. The molecule has 0 spiro atoms. The highest BCUT2D eigenvalue weighted by Crippen LogP contribution is 2.30. The van der Waals surface area contributed by atoms with Gasteiger partial charge in [0, 0.05) is 18.5 Å². The summed E-state index contributed by atoms with van der Waals surface area (Å²) >= 11 is 0. The molecule has 12 nitrogen and oxygen atoms in total. The summed E-state index contributed by atoms with van der Waals surface area (Å²) in [5.74, 6) is -3.08. The summed E-state index contributed by atoms with van der Waals surface area (Å²) in [7, 11) is 1.16. The first kappa shape index (κ1) is 31.2. The van der Waals surface area contributed by atoms with Crippen LogP contribution in [-0.4, -0.2) is 71.6 Å². The second-order valence-electron chi connectivity index (χ2n) is 9.34. The minimum absolute atomic E-state index is 0.0725. The Morgan fingerprint density at radius 2 is 1.78 bits per heavy atom. The quantitative estimate of drug-likeness (QED) is 0.282. The number of ether oxygens (including phenoxy) is 2. The van der Waals surface area contributed by atoms with Crippen molar-refractivity contribution in [2.75, 3.05) is 20.2 Å². The zero-order valence-electron chi connectivity index (χ0n) is 22.0. The lowest BCUT2D eigenvalue weighted by Crippen LogP contribution is -2.53. The van der Waals surface area contributed by atoms with Crippen molar-refractivity contribution < 1.29 is 38.6 Å². The van der Waals surface area contributed by atoms with Gasteiger partial charge in [0.15, 0.2) is 0 Å². The van der Waals surface area contributed by atoms with Gasteiger partial charge in [0.1, 0.15) is 30.0 Å². The van der Waals surface area contributed by atoms with E-state index in [1.165, 1.54) is 17.0 Å². The number of amides is 4. The summed E-state index contributed by atoms with van der Waals surface area (Å²) < 4.78 is 9.84. The molecular formula is C25H38N4O8. The van der Waals surface area contributed by atoms with E-state index in [1.54, 1.807) is 32.9 Å². The summed E-state index contributed by atoms with van der Waals surface area (Å²) in [6, 6.07) is 3.36. The van der Waals surface area contributed by atoms with Crippen LogP contribution in [0.15, 0.2) is 24.3 Å². The van der Waals surface area contributed by atoms with Crippen LogP contribution in [0.1, 0.15) is 65.0 Å². The minimum Gasteiger partial charge on any atom is -0.508 e. The molecule has 0 aromatic heterocycles. The van der Waals surface area contributed by atoms with Gasteiger partial charge >= 0.3 is 12.1 Å². The number of unbranched alkanes of at least 4 members (excludes halogenated alkanes) is 1. The standard InChI is InChI=1S/C25H38N4O8/c1-6-7-14-29(23(34)17(12-13-19(26)31)28-24(35)37-25(2,3)4)21(16-10-8-9-11-18(16)30)22(33)27-15-20(32)36-5/h8-11,17,21,30H,6-7,12-15H2,1-5H3,(H2,26,31)(H,27,33)(H,28,35). The zero-order chi connectivity index (χ0) is 28.2. The Labute approximate surface area is 216 Å². The Balaban J connectivity index is 3.48. The van der Waals surface area contributed by atoms with E-state index in [0.29, 0.717) is 12.8 Å². The highest BCUT2D eigenvalue weighted by molar-refractivity contribution is 5.93. The SMILES string of the molecule is CCCCN(C(=O)C(CCC(N)=O)NC(=O)OC(C)(C)C)C(C(=O)NCC(=O)OC)c1ccccc1O. The number of carbonyl (C=O) groups is 5. The average molecular weight is 523 g/mol. The number of nitrogens with two attached hydrogens (primary N) is 1. The van der Waals surface area contributed by atoms with Crippen LogP contribution in [0.3, 0.4) is 0 Å². The number of nitrogens with zero attached hydrogens (tertiary/aromatic N) is 1. The van der Waals surface area contributed by atoms with E-state index in [-0.39, 0.29) is 30.7 Å². The maximum absolute atomic E-state index is 13.8. The number of para-hydroxylation sites is 1. The number of methoxy groups -OCH3 is 1. The first-order valence-electron chi connectivity index (χ1n) is 12.0. The Hall–Kier alpha value is -3.83. The van der Waals surface area contributed by atoms with Gasteiger partial charge in [0.2, 0.25) is 17.7 Å². The maximum atomic E-state index is 13.8. The number of nitrogens with one attached hydrogen (secondary N) is 2. The van der Waals surface area contributed by atoms with Crippen molar-refractivity contribution in [2.45, 2.75) is 71.1 Å². The second kappa shape index (κ2) is 14.7. The van der Waals surface area contributed by atoms with Gasteiger partial charge in [-0.3, -0.25) is 19.2 Å². The first-order valence-corrected chi connectivity index (χ1v) is 12.0. The van der Waals surface area contributed by atoms with E-state index in [1.807, 2.05) is 6.92 Å². The fourth-order valence-corrected chi connectivity index (χ4v) is 3.39. The Morgan fingerprint density at radius 3 is 2.32 bits per heavy atom. The number of hydrogen-bond donors (Lipinski definition) is 4. The molecule has 0 saturated carbocycles.